The number of amides is 3. The predicted octanol–water partition coefficient (Wildman–Crippen LogP) is 4.70. The number of carbonyl (C=O) groups excluding carboxylic acids is 3. The molecule has 202 valence electrons. The fourth-order valence-electron chi connectivity index (χ4n) is 3.84. The van der Waals surface area contributed by atoms with Crippen molar-refractivity contribution in [1.29, 1.82) is 5.26 Å². The van der Waals surface area contributed by atoms with Gasteiger partial charge in [-0.1, -0.05) is 17.3 Å². The summed E-state index contributed by atoms with van der Waals surface area (Å²) in [4.78, 5) is 50.0. The number of aromatic carboxylic acids is 1. The SMILES string of the molecule is COC(=O)Nc1cc2onc(C(=O)Nc3ccc(C#N)cc3C(=O)O)c2cc1-c1ccc(N(C)C(=O)OC)cc1. The highest BCUT2D eigenvalue weighted by atomic mass is 16.5. The molecular weight excluding hydrogens is 522 g/mol. The lowest BCUT2D eigenvalue weighted by atomic mass is 10.00. The Morgan fingerprint density at radius 1 is 0.975 bits per heavy atom. The number of hydrogen-bond acceptors (Lipinski definition) is 9. The summed E-state index contributed by atoms with van der Waals surface area (Å²) in [6.07, 6.45) is -1.31. The summed E-state index contributed by atoms with van der Waals surface area (Å²) in [7, 11) is 4.02. The van der Waals surface area contributed by atoms with Crippen molar-refractivity contribution in [1.82, 2.24) is 5.16 Å². The van der Waals surface area contributed by atoms with E-state index in [4.69, 9.17) is 19.3 Å². The molecule has 0 aliphatic heterocycles. The van der Waals surface area contributed by atoms with Gasteiger partial charge in [0.05, 0.1) is 48.2 Å². The second-order valence-corrected chi connectivity index (χ2v) is 8.25. The van der Waals surface area contributed by atoms with Crippen molar-refractivity contribution < 1.29 is 38.3 Å². The zero-order valence-electron chi connectivity index (χ0n) is 21.3. The van der Waals surface area contributed by atoms with E-state index in [1.54, 1.807) is 37.4 Å². The van der Waals surface area contributed by atoms with Gasteiger partial charge in [0.15, 0.2) is 11.3 Å². The van der Waals surface area contributed by atoms with Gasteiger partial charge in [0.2, 0.25) is 0 Å². The molecule has 1 heterocycles. The Hall–Kier alpha value is -5.90. The van der Waals surface area contributed by atoms with Crippen LogP contribution in [0.15, 0.2) is 59.1 Å². The maximum absolute atomic E-state index is 13.2. The van der Waals surface area contributed by atoms with Crippen molar-refractivity contribution >= 4 is 52.1 Å². The van der Waals surface area contributed by atoms with Crippen LogP contribution in [0.5, 0.6) is 0 Å². The van der Waals surface area contributed by atoms with Crippen LogP contribution in [0.1, 0.15) is 26.4 Å². The fraction of sp³-hybridized carbons (Fsp3) is 0.111. The van der Waals surface area contributed by atoms with Gasteiger partial charge < -0.3 is 24.4 Å². The molecule has 4 rings (SSSR count). The molecular formula is C27H21N5O8. The second-order valence-electron chi connectivity index (χ2n) is 8.25. The first-order valence-corrected chi connectivity index (χ1v) is 11.5. The Morgan fingerprint density at radius 3 is 2.33 bits per heavy atom. The first-order valence-electron chi connectivity index (χ1n) is 11.5. The number of benzene rings is 3. The number of rotatable bonds is 6. The van der Waals surface area contributed by atoms with Crippen molar-refractivity contribution in [3.05, 3.63) is 71.4 Å². The number of anilines is 3. The van der Waals surface area contributed by atoms with E-state index in [0.29, 0.717) is 16.8 Å². The minimum atomic E-state index is -1.33. The monoisotopic (exact) mass is 543 g/mol. The van der Waals surface area contributed by atoms with Crippen LogP contribution in [0.4, 0.5) is 26.7 Å². The molecule has 3 amide bonds. The van der Waals surface area contributed by atoms with Gasteiger partial charge in [0.1, 0.15) is 0 Å². The van der Waals surface area contributed by atoms with Crippen LogP contribution in [-0.4, -0.2) is 55.6 Å². The lowest BCUT2D eigenvalue weighted by molar-refractivity contribution is 0.0698. The van der Waals surface area contributed by atoms with Crippen LogP contribution in [0.2, 0.25) is 0 Å². The van der Waals surface area contributed by atoms with Gasteiger partial charge in [-0.15, -0.1) is 0 Å². The Labute approximate surface area is 226 Å². The fourth-order valence-corrected chi connectivity index (χ4v) is 3.84. The van der Waals surface area contributed by atoms with Crippen LogP contribution in [0, 0.1) is 11.3 Å². The summed E-state index contributed by atoms with van der Waals surface area (Å²) in [5, 5.41) is 27.8. The third-order valence-electron chi connectivity index (χ3n) is 5.89. The molecule has 0 saturated carbocycles. The van der Waals surface area contributed by atoms with E-state index in [0.717, 1.165) is 6.07 Å². The van der Waals surface area contributed by atoms with Gasteiger partial charge in [0.25, 0.3) is 5.91 Å². The van der Waals surface area contributed by atoms with Crippen molar-refractivity contribution in [3.8, 4) is 17.2 Å². The topological polar surface area (TPSA) is 184 Å². The number of carbonyl (C=O) groups is 4. The van der Waals surface area contributed by atoms with Crippen LogP contribution in [-0.2, 0) is 9.47 Å². The minimum absolute atomic E-state index is 0.0397. The van der Waals surface area contributed by atoms with Crippen molar-refractivity contribution in [2.45, 2.75) is 0 Å². The summed E-state index contributed by atoms with van der Waals surface area (Å²) < 4.78 is 14.8. The molecule has 0 saturated heterocycles. The number of nitrogens with zero attached hydrogens (tertiary/aromatic N) is 3. The molecule has 3 aromatic carbocycles. The van der Waals surface area contributed by atoms with Gasteiger partial charge >= 0.3 is 18.2 Å². The van der Waals surface area contributed by atoms with Crippen LogP contribution >= 0.6 is 0 Å². The summed E-state index contributed by atoms with van der Waals surface area (Å²) in [6.45, 7) is 0. The number of hydrogen-bond donors (Lipinski definition) is 3. The van der Waals surface area contributed by atoms with E-state index >= 15 is 0 Å². The Bertz CT molecular complexity index is 1690. The van der Waals surface area contributed by atoms with E-state index in [1.807, 2.05) is 6.07 Å². The second kappa shape index (κ2) is 11.2. The summed E-state index contributed by atoms with van der Waals surface area (Å²) in [6, 6.07) is 15.4. The normalized spacial score (nSPS) is 10.3. The van der Waals surface area contributed by atoms with E-state index in [-0.39, 0.29) is 39.2 Å². The highest BCUT2D eigenvalue weighted by Gasteiger charge is 2.22. The zero-order valence-corrected chi connectivity index (χ0v) is 21.3. The number of carboxylic acid groups (broad SMARTS) is 1. The molecule has 13 heteroatoms. The molecule has 40 heavy (non-hydrogen) atoms. The molecule has 1 aromatic heterocycles. The summed E-state index contributed by atoms with van der Waals surface area (Å²) in [5.41, 5.74) is 1.70. The molecule has 0 spiro atoms. The number of aromatic nitrogens is 1. The zero-order chi connectivity index (χ0) is 29.0. The van der Waals surface area contributed by atoms with Crippen LogP contribution < -0.4 is 15.5 Å². The number of nitrogens with one attached hydrogen (secondary N) is 2. The lowest BCUT2D eigenvalue weighted by Gasteiger charge is -2.16. The van der Waals surface area contributed by atoms with E-state index < -0.39 is 24.1 Å². The molecule has 0 fully saturated rings. The van der Waals surface area contributed by atoms with Crippen LogP contribution in [0.3, 0.4) is 0 Å². The maximum atomic E-state index is 13.2. The van der Waals surface area contributed by atoms with E-state index in [9.17, 15) is 24.3 Å². The van der Waals surface area contributed by atoms with Crippen molar-refractivity contribution in [2.24, 2.45) is 0 Å². The standard InChI is InChI=1S/C27H21N5O8/c1-32(27(37)39-3)16-7-5-15(6-8-16)17-11-19-22(12-21(17)30-26(36)38-2)40-31-23(19)24(33)29-20-9-4-14(13-28)10-18(20)25(34)35/h4-12H,1-3H3,(H,29,33)(H,30,36)(H,34,35). The average molecular weight is 543 g/mol. The first kappa shape index (κ1) is 27.1. The molecule has 0 aliphatic carbocycles. The van der Waals surface area contributed by atoms with E-state index in [1.165, 1.54) is 37.3 Å². The highest BCUT2D eigenvalue weighted by molar-refractivity contribution is 6.14. The molecule has 13 nitrogen and oxygen atoms in total. The van der Waals surface area contributed by atoms with Gasteiger partial charge in [-0.25, -0.2) is 14.4 Å². The number of ether oxygens (including phenoxy) is 2. The largest absolute Gasteiger partial charge is 0.478 e. The Kier molecular flexibility index (Phi) is 7.62. The number of fused-ring (bicyclic) bond motifs is 1. The predicted molar refractivity (Wildman–Crippen MR) is 142 cm³/mol. The smallest absolute Gasteiger partial charge is 0.413 e. The number of methoxy groups -OCH3 is 2. The molecule has 4 aromatic rings. The van der Waals surface area contributed by atoms with Crippen molar-refractivity contribution in [2.75, 3.05) is 36.8 Å². The highest BCUT2D eigenvalue weighted by Crippen LogP contribution is 2.35. The van der Waals surface area contributed by atoms with Gasteiger partial charge in [-0.3, -0.25) is 15.0 Å². The van der Waals surface area contributed by atoms with Gasteiger partial charge in [0, 0.05) is 24.4 Å². The third-order valence-corrected chi connectivity index (χ3v) is 5.89. The van der Waals surface area contributed by atoms with Gasteiger partial charge in [-0.05, 0) is 42.0 Å². The Balaban J connectivity index is 1.77. The molecule has 0 unspecified atom stereocenters. The summed E-state index contributed by atoms with van der Waals surface area (Å²) >= 11 is 0. The summed E-state index contributed by atoms with van der Waals surface area (Å²) in [5.74, 6) is -2.10. The lowest BCUT2D eigenvalue weighted by Crippen LogP contribution is -2.25. The molecule has 3 N–H and O–H groups in total. The molecule has 0 atom stereocenters. The Morgan fingerprint density at radius 2 is 1.70 bits per heavy atom. The molecule has 0 radical (unpaired) electrons. The van der Waals surface area contributed by atoms with Crippen molar-refractivity contribution in [3.63, 3.8) is 0 Å². The third kappa shape index (κ3) is 5.36. The molecule has 0 aliphatic rings. The number of nitriles is 1. The van der Waals surface area contributed by atoms with Gasteiger partial charge in [-0.2, -0.15) is 5.26 Å². The van der Waals surface area contributed by atoms with Crippen LogP contribution in [0.25, 0.3) is 22.1 Å². The van der Waals surface area contributed by atoms with E-state index in [2.05, 4.69) is 15.8 Å². The quantitative estimate of drug-likeness (QED) is 0.308. The minimum Gasteiger partial charge on any atom is -0.478 e. The maximum Gasteiger partial charge on any atom is 0.413 e. The average Bonchev–Trinajstić information content (AvgIpc) is 3.38. The first-order chi connectivity index (χ1) is 19.2. The number of carboxylic acids is 1. The molecule has 0 bridgehead atoms.